The molecule has 1 aromatic carbocycles. The summed E-state index contributed by atoms with van der Waals surface area (Å²) < 4.78 is 7.42. The van der Waals surface area contributed by atoms with Gasteiger partial charge in [0.25, 0.3) is 5.96 Å². The van der Waals surface area contributed by atoms with Crippen molar-refractivity contribution in [2.24, 2.45) is 16.6 Å². The van der Waals surface area contributed by atoms with E-state index in [0.717, 1.165) is 55.2 Å². The first kappa shape index (κ1) is 18.1. The summed E-state index contributed by atoms with van der Waals surface area (Å²) >= 11 is 5.84. The van der Waals surface area contributed by atoms with E-state index in [1.54, 1.807) is 4.68 Å². The van der Waals surface area contributed by atoms with Crippen LogP contribution in [0.25, 0.3) is 0 Å². The van der Waals surface area contributed by atoms with Crippen LogP contribution in [0.15, 0.2) is 53.8 Å². The molecule has 24 heavy (non-hydrogen) atoms. The molecule has 0 amide bonds. The predicted octanol–water partition coefficient (Wildman–Crippen LogP) is 2.85. The highest BCUT2D eigenvalue weighted by Gasteiger charge is 2.09. The summed E-state index contributed by atoms with van der Waals surface area (Å²) in [6.45, 7) is 0.723. The molecule has 0 unspecified atom stereocenters. The number of guanidine groups is 1. The third-order valence-corrected chi connectivity index (χ3v) is 3.81. The van der Waals surface area contributed by atoms with Crippen LogP contribution in [0.5, 0.6) is 5.75 Å². The fourth-order valence-electron chi connectivity index (χ4n) is 2.37. The van der Waals surface area contributed by atoms with Crippen LogP contribution in [-0.4, -0.2) is 12.6 Å². The van der Waals surface area contributed by atoms with Crippen molar-refractivity contribution in [1.82, 2.24) is 0 Å². The van der Waals surface area contributed by atoms with E-state index in [0.29, 0.717) is 0 Å². The topological polar surface area (TPSA) is 77.5 Å². The lowest BCUT2D eigenvalue weighted by Crippen LogP contribution is -2.38. The van der Waals surface area contributed by atoms with Crippen LogP contribution >= 0.6 is 11.6 Å². The zero-order valence-corrected chi connectivity index (χ0v) is 14.5. The zero-order valence-electron chi connectivity index (χ0n) is 13.7. The first-order valence-electron chi connectivity index (χ1n) is 8.13. The number of ether oxygens (including phenoxy) is 1. The number of pyridine rings is 1. The molecular formula is C18H24ClN4O+. The number of aromatic nitrogens is 1. The quantitative estimate of drug-likeness (QED) is 0.317. The highest BCUT2D eigenvalue weighted by atomic mass is 35.5. The molecule has 0 aliphatic rings. The molecule has 128 valence electrons. The van der Waals surface area contributed by atoms with Crippen molar-refractivity contribution in [3.05, 3.63) is 59.4 Å². The molecule has 0 bridgehead atoms. The van der Waals surface area contributed by atoms with Crippen molar-refractivity contribution in [2.75, 3.05) is 6.61 Å². The monoisotopic (exact) mass is 347 g/mol. The van der Waals surface area contributed by atoms with Gasteiger partial charge in [0, 0.05) is 28.7 Å². The molecule has 2 rings (SSSR count). The molecule has 0 radical (unpaired) electrons. The van der Waals surface area contributed by atoms with Crippen molar-refractivity contribution >= 4 is 17.6 Å². The molecule has 0 saturated carbocycles. The Morgan fingerprint density at radius 2 is 1.75 bits per heavy atom. The minimum absolute atomic E-state index is 0.0619. The Hall–Kier alpha value is -2.27. The molecule has 1 aromatic heterocycles. The van der Waals surface area contributed by atoms with Crippen molar-refractivity contribution in [2.45, 2.75) is 32.1 Å². The molecule has 4 N–H and O–H groups in total. The van der Waals surface area contributed by atoms with Crippen molar-refractivity contribution in [3.63, 3.8) is 0 Å². The summed E-state index contributed by atoms with van der Waals surface area (Å²) in [6.07, 6.45) is 7.18. The Morgan fingerprint density at radius 3 is 2.50 bits per heavy atom. The SMILES string of the molecule is NC(N)=N[n+]1ccccc1CCCCCCOc1ccc(Cl)cc1. The van der Waals surface area contributed by atoms with Gasteiger partial charge in [-0.25, -0.2) is 0 Å². The van der Waals surface area contributed by atoms with Gasteiger partial charge in [0.1, 0.15) is 5.75 Å². The number of nitrogens with two attached hydrogens (primary N) is 2. The van der Waals surface area contributed by atoms with E-state index in [-0.39, 0.29) is 5.96 Å². The molecule has 6 heteroatoms. The van der Waals surface area contributed by atoms with Crippen LogP contribution in [0.2, 0.25) is 5.02 Å². The number of hydrogen-bond donors (Lipinski definition) is 2. The molecule has 2 aromatic rings. The van der Waals surface area contributed by atoms with E-state index < -0.39 is 0 Å². The lowest BCUT2D eigenvalue weighted by Gasteiger charge is -2.06. The molecule has 0 saturated heterocycles. The summed E-state index contributed by atoms with van der Waals surface area (Å²) in [4.78, 5) is 0. The largest absolute Gasteiger partial charge is 0.494 e. The second-order valence-corrected chi connectivity index (χ2v) is 5.96. The number of hydrogen-bond acceptors (Lipinski definition) is 2. The van der Waals surface area contributed by atoms with Crippen LogP contribution in [0, 0.1) is 0 Å². The third-order valence-electron chi connectivity index (χ3n) is 3.55. The number of halogens is 1. The van der Waals surface area contributed by atoms with E-state index in [1.165, 1.54) is 0 Å². The number of unbranched alkanes of at least 4 members (excludes halogenated alkanes) is 3. The van der Waals surface area contributed by atoms with Crippen LogP contribution < -0.4 is 20.9 Å². The Bertz CT molecular complexity index is 654. The van der Waals surface area contributed by atoms with Gasteiger partial charge in [0.2, 0.25) is 11.9 Å². The molecular weight excluding hydrogens is 324 g/mol. The Labute approximate surface area is 147 Å². The smallest absolute Gasteiger partial charge is 0.257 e. The van der Waals surface area contributed by atoms with Gasteiger partial charge in [-0.05, 0) is 43.2 Å². The average Bonchev–Trinajstić information content (AvgIpc) is 2.56. The van der Waals surface area contributed by atoms with Gasteiger partial charge in [-0.1, -0.05) is 29.1 Å². The molecule has 0 aliphatic carbocycles. The highest BCUT2D eigenvalue weighted by Crippen LogP contribution is 2.16. The van der Waals surface area contributed by atoms with E-state index in [2.05, 4.69) is 5.10 Å². The molecule has 1 heterocycles. The van der Waals surface area contributed by atoms with Crippen molar-refractivity contribution in [3.8, 4) is 5.75 Å². The lowest BCUT2D eigenvalue weighted by molar-refractivity contribution is -0.686. The summed E-state index contributed by atoms with van der Waals surface area (Å²) in [5.41, 5.74) is 12.0. The van der Waals surface area contributed by atoms with Gasteiger partial charge in [-0.15, -0.1) is 0 Å². The standard InChI is InChI=1S/C18H24ClN4O/c19-15-9-11-17(12-10-15)24-14-6-2-1-3-7-16-8-4-5-13-23(16)22-18(20)21/h4-5,8-13H,1-3,6-7,14H2,(H4,20,21,22)/q+1. The molecule has 0 spiro atoms. The van der Waals surface area contributed by atoms with Crippen LogP contribution in [0.3, 0.4) is 0 Å². The first-order chi connectivity index (χ1) is 11.6. The second kappa shape index (κ2) is 9.78. The summed E-state index contributed by atoms with van der Waals surface area (Å²) in [5.74, 6) is 0.925. The van der Waals surface area contributed by atoms with E-state index in [9.17, 15) is 0 Å². The van der Waals surface area contributed by atoms with E-state index >= 15 is 0 Å². The summed E-state index contributed by atoms with van der Waals surface area (Å²) in [6, 6.07) is 13.4. The number of benzene rings is 1. The Morgan fingerprint density at radius 1 is 1.00 bits per heavy atom. The normalized spacial score (nSPS) is 10.4. The highest BCUT2D eigenvalue weighted by molar-refractivity contribution is 6.30. The fraction of sp³-hybridized carbons (Fsp3) is 0.333. The van der Waals surface area contributed by atoms with Crippen LogP contribution in [0.1, 0.15) is 31.4 Å². The number of aryl methyl sites for hydroxylation is 1. The average molecular weight is 348 g/mol. The minimum atomic E-state index is 0.0619. The Kier molecular flexibility index (Phi) is 7.36. The van der Waals surface area contributed by atoms with Crippen molar-refractivity contribution in [1.29, 1.82) is 0 Å². The van der Waals surface area contributed by atoms with Gasteiger partial charge in [0.05, 0.1) is 6.61 Å². The van der Waals surface area contributed by atoms with Gasteiger partial charge in [-0.2, -0.15) is 0 Å². The van der Waals surface area contributed by atoms with Crippen LogP contribution in [-0.2, 0) is 6.42 Å². The number of rotatable bonds is 9. The van der Waals surface area contributed by atoms with Gasteiger partial charge in [0.15, 0.2) is 0 Å². The fourth-order valence-corrected chi connectivity index (χ4v) is 2.50. The molecule has 0 atom stereocenters. The molecule has 0 fully saturated rings. The van der Waals surface area contributed by atoms with Gasteiger partial charge in [-0.3, -0.25) is 0 Å². The maximum Gasteiger partial charge on any atom is 0.257 e. The third kappa shape index (κ3) is 6.46. The zero-order chi connectivity index (χ0) is 17.2. The second-order valence-electron chi connectivity index (χ2n) is 5.53. The van der Waals surface area contributed by atoms with Crippen molar-refractivity contribution < 1.29 is 9.41 Å². The van der Waals surface area contributed by atoms with Gasteiger partial charge >= 0.3 is 0 Å². The van der Waals surface area contributed by atoms with Crippen LogP contribution in [0.4, 0.5) is 0 Å². The predicted molar refractivity (Wildman–Crippen MR) is 97.0 cm³/mol. The Balaban J connectivity index is 1.63. The minimum Gasteiger partial charge on any atom is -0.494 e. The maximum atomic E-state index is 5.84. The molecule has 5 nitrogen and oxygen atoms in total. The lowest BCUT2D eigenvalue weighted by atomic mass is 10.1. The maximum absolute atomic E-state index is 5.84. The summed E-state index contributed by atoms with van der Waals surface area (Å²) in [7, 11) is 0. The van der Waals surface area contributed by atoms with Gasteiger partial charge < -0.3 is 16.2 Å². The number of nitrogens with zero attached hydrogens (tertiary/aromatic N) is 2. The van der Waals surface area contributed by atoms with E-state index in [1.807, 2.05) is 48.7 Å². The first-order valence-corrected chi connectivity index (χ1v) is 8.51. The van der Waals surface area contributed by atoms with E-state index in [4.69, 9.17) is 27.8 Å². The molecule has 0 aliphatic heterocycles. The summed E-state index contributed by atoms with van der Waals surface area (Å²) in [5, 5.41) is 4.81.